The van der Waals surface area contributed by atoms with Gasteiger partial charge in [-0.15, -0.1) is 0 Å². The Hall–Kier alpha value is -2.69. The maximum absolute atomic E-state index is 11.3. The third kappa shape index (κ3) is 3.45. The largest absolute Gasteiger partial charge is 0.508 e. The molecule has 0 saturated carbocycles. The molecule has 0 saturated heterocycles. The van der Waals surface area contributed by atoms with E-state index in [1.54, 1.807) is 24.3 Å². The molecule has 1 atom stereocenters. The number of hydrogen-bond acceptors (Lipinski definition) is 5. The van der Waals surface area contributed by atoms with Crippen LogP contribution in [0.5, 0.6) is 11.5 Å². The quantitative estimate of drug-likeness (QED) is 0.595. The van der Waals surface area contributed by atoms with Gasteiger partial charge in [0.1, 0.15) is 11.5 Å². The number of ether oxygens (including phenoxy) is 1. The zero-order valence-corrected chi connectivity index (χ0v) is 11.8. The first-order valence-corrected chi connectivity index (χ1v) is 6.48. The molecule has 5 nitrogen and oxygen atoms in total. The fourth-order valence-electron chi connectivity index (χ4n) is 2.04. The van der Waals surface area contributed by atoms with Crippen LogP contribution in [0, 0.1) is 0 Å². The first kappa shape index (κ1) is 14.7. The van der Waals surface area contributed by atoms with Crippen molar-refractivity contribution in [2.24, 2.45) is 0 Å². The Morgan fingerprint density at radius 1 is 1.14 bits per heavy atom. The predicted octanol–water partition coefficient (Wildman–Crippen LogP) is 3.06. The maximum Gasteiger partial charge on any atom is 0.337 e. The van der Waals surface area contributed by atoms with Gasteiger partial charge < -0.3 is 20.3 Å². The number of esters is 1. The molecule has 0 bridgehead atoms. The van der Waals surface area contributed by atoms with Gasteiger partial charge in [0.25, 0.3) is 0 Å². The van der Waals surface area contributed by atoms with Crippen molar-refractivity contribution in [3.05, 3.63) is 53.6 Å². The number of carbonyl (C=O) groups is 1. The number of hydrogen-bond donors (Lipinski definition) is 3. The summed E-state index contributed by atoms with van der Waals surface area (Å²) in [5.74, 6) is -0.184. The average Bonchev–Trinajstić information content (AvgIpc) is 2.49. The van der Waals surface area contributed by atoms with Crippen molar-refractivity contribution in [2.45, 2.75) is 13.0 Å². The van der Waals surface area contributed by atoms with Gasteiger partial charge in [0.05, 0.1) is 18.7 Å². The number of benzene rings is 2. The topological polar surface area (TPSA) is 78.8 Å². The Balaban J connectivity index is 2.14. The molecule has 2 rings (SSSR count). The van der Waals surface area contributed by atoms with E-state index in [1.807, 2.05) is 6.92 Å². The molecule has 0 aliphatic carbocycles. The fraction of sp³-hybridized carbons (Fsp3) is 0.188. The fourth-order valence-corrected chi connectivity index (χ4v) is 2.04. The summed E-state index contributed by atoms with van der Waals surface area (Å²) in [6, 6.07) is 11.0. The van der Waals surface area contributed by atoms with Crippen LogP contribution in [0.1, 0.15) is 28.9 Å². The number of rotatable bonds is 4. The average molecular weight is 287 g/mol. The number of nitrogens with one attached hydrogen (secondary N) is 1. The third-order valence-electron chi connectivity index (χ3n) is 3.17. The van der Waals surface area contributed by atoms with Crippen LogP contribution in [0.15, 0.2) is 42.5 Å². The smallest absolute Gasteiger partial charge is 0.337 e. The second-order valence-electron chi connectivity index (χ2n) is 4.68. The highest BCUT2D eigenvalue weighted by molar-refractivity contribution is 5.89. The van der Waals surface area contributed by atoms with E-state index in [4.69, 9.17) is 0 Å². The molecule has 2 aromatic carbocycles. The van der Waals surface area contributed by atoms with Crippen LogP contribution in [-0.4, -0.2) is 23.3 Å². The maximum atomic E-state index is 11.3. The summed E-state index contributed by atoms with van der Waals surface area (Å²) in [4.78, 5) is 11.3. The van der Waals surface area contributed by atoms with Crippen molar-refractivity contribution in [2.75, 3.05) is 12.4 Å². The molecule has 0 spiro atoms. The van der Waals surface area contributed by atoms with E-state index < -0.39 is 0 Å². The van der Waals surface area contributed by atoms with Crippen molar-refractivity contribution in [3.63, 3.8) is 0 Å². The van der Waals surface area contributed by atoms with Gasteiger partial charge in [0.15, 0.2) is 0 Å². The second kappa shape index (κ2) is 6.17. The van der Waals surface area contributed by atoms with Crippen molar-refractivity contribution in [1.82, 2.24) is 0 Å². The Kier molecular flexibility index (Phi) is 4.33. The molecule has 5 heteroatoms. The van der Waals surface area contributed by atoms with Crippen LogP contribution in [0.25, 0.3) is 0 Å². The molecule has 21 heavy (non-hydrogen) atoms. The Morgan fingerprint density at radius 3 is 2.43 bits per heavy atom. The molecule has 2 aromatic rings. The summed E-state index contributed by atoms with van der Waals surface area (Å²) >= 11 is 0. The molecule has 0 radical (unpaired) electrons. The van der Waals surface area contributed by atoms with E-state index >= 15 is 0 Å². The molecule has 0 aromatic heterocycles. The SMILES string of the molecule is COC(=O)c1ccc(NC(C)c2cc(O)ccc2O)cc1. The van der Waals surface area contributed by atoms with E-state index in [-0.39, 0.29) is 23.5 Å². The van der Waals surface area contributed by atoms with Crippen molar-refractivity contribution < 1.29 is 19.7 Å². The molecule has 0 aliphatic rings. The number of anilines is 1. The van der Waals surface area contributed by atoms with Gasteiger partial charge in [-0.25, -0.2) is 4.79 Å². The minimum absolute atomic E-state index is 0.0949. The molecular formula is C16H17NO4. The summed E-state index contributed by atoms with van der Waals surface area (Å²) in [6.45, 7) is 1.86. The lowest BCUT2D eigenvalue weighted by Crippen LogP contribution is -2.07. The summed E-state index contributed by atoms with van der Waals surface area (Å²) in [5, 5.41) is 22.5. The van der Waals surface area contributed by atoms with E-state index in [2.05, 4.69) is 10.1 Å². The van der Waals surface area contributed by atoms with Gasteiger partial charge in [0, 0.05) is 11.3 Å². The molecule has 1 unspecified atom stereocenters. The minimum Gasteiger partial charge on any atom is -0.508 e. The summed E-state index contributed by atoms with van der Waals surface area (Å²) in [7, 11) is 1.33. The summed E-state index contributed by atoms with van der Waals surface area (Å²) < 4.78 is 4.64. The number of phenolic OH excluding ortho intramolecular Hbond substituents is 2. The highest BCUT2D eigenvalue weighted by atomic mass is 16.5. The van der Waals surface area contributed by atoms with Crippen LogP contribution in [0.2, 0.25) is 0 Å². The zero-order valence-electron chi connectivity index (χ0n) is 11.8. The first-order chi connectivity index (χ1) is 10.0. The monoisotopic (exact) mass is 287 g/mol. The lowest BCUT2D eigenvalue weighted by molar-refractivity contribution is 0.0601. The van der Waals surface area contributed by atoms with Crippen LogP contribution >= 0.6 is 0 Å². The third-order valence-corrected chi connectivity index (χ3v) is 3.17. The number of aromatic hydroxyl groups is 2. The number of carbonyl (C=O) groups excluding carboxylic acids is 1. The normalized spacial score (nSPS) is 11.7. The lowest BCUT2D eigenvalue weighted by atomic mass is 10.1. The first-order valence-electron chi connectivity index (χ1n) is 6.48. The van der Waals surface area contributed by atoms with Gasteiger partial charge >= 0.3 is 5.97 Å². The van der Waals surface area contributed by atoms with E-state index in [0.717, 1.165) is 5.69 Å². The van der Waals surface area contributed by atoms with Gasteiger partial charge in [0.2, 0.25) is 0 Å². The van der Waals surface area contributed by atoms with Gasteiger partial charge in [-0.2, -0.15) is 0 Å². The highest BCUT2D eigenvalue weighted by Gasteiger charge is 2.12. The van der Waals surface area contributed by atoms with Gasteiger partial charge in [-0.1, -0.05) is 0 Å². The van der Waals surface area contributed by atoms with Crippen molar-refractivity contribution in [3.8, 4) is 11.5 Å². The van der Waals surface area contributed by atoms with E-state index in [1.165, 1.54) is 25.3 Å². The Bertz CT molecular complexity index is 637. The molecule has 110 valence electrons. The molecule has 3 N–H and O–H groups in total. The predicted molar refractivity (Wildman–Crippen MR) is 79.6 cm³/mol. The summed E-state index contributed by atoms with van der Waals surface area (Å²) in [5.41, 5.74) is 1.85. The molecule has 0 amide bonds. The highest BCUT2D eigenvalue weighted by Crippen LogP contribution is 2.30. The van der Waals surface area contributed by atoms with Crippen LogP contribution in [0.4, 0.5) is 5.69 Å². The molecule has 0 fully saturated rings. The Morgan fingerprint density at radius 2 is 1.81 bits per heavy atom. The second-order valence-corrected chi connectivity index (χ2v) is 4.68. The minimum atomic E-state index is -0.389. The van der Waals surface area contributed by atoms with E-state index in [0.29, 0.717) is 11.1 Å². The number of phenols is 2. The van der Waals surface area contributed by atoms with Crippen molar-refractivity contribution in [1.29, 1.82) is 0 Å². The summed E-state index contributed by atoms with van der Waals surface area (Å²) in [6.07, 6.45) is 0. The molecule has 0 heterocycles. The number of methoxy groups -OCH3 is 1. The lowest BCUT2D eigenvalue weighted by Gasteiger charge is -2.17. The molecule has 0 aliphatic heterocycles. The van der Waals surface area contributed by atoms with Crippen molar-refractivity contribution >= 4 is 11.7 Å². The molecular weight excluding hydrogens is 270 g/mol. The van der Waals surface area contributed by atoms with Crippen LogP contribution < -0.4 is 5.32 Å². The van der Waals surface area contributed by atoms with Crippen LogP contribution in [0.3, 0.4) is 0 Å². The van der Waals surface area contributed by atoms with Gasteiger partial charge in [-0.3, -0.25) is 0 Å². The van der Waals surface area contributed by atoms with E-state index in [9.17, 15) is 15.0 Å². The van der Waals surface area contributed by atoms with Crippen LogP contribution in [-0.2, 0) is 4.74 Å². The zero-order chi connectivity index (χ0) is 15.4. The van der Waals surface area contributed by atoms with Gasteiger partial charge in [-0.05, 0) is 49.4 Å². The standard InChI is InChI=1S/C16H17NO4/c1-10(14-9-13(18)7-8-15(14)19)17-12-5-3-11(4-6-12)16(20)21-2/h3-10,17-19H,1-2H3. The Labute approximate surface area is 122 Å².